The Morgan fingerprint density at radius 2 is 1.23 bits per heavy atom. The monoisotopic (exact) mass is 580 g/mol. The minimum atomic E-state index is -0.562. The Kier molecular flexibility index (Phi) is 8.02. The Bertz CT molecular complexity index is 1740. The van der Waals surface area contributed by atoms with E-state index in [0.29, 0.717) is 30.3 Å². The zero-order valence-corrected chi connectivity index (χ0v) is 23.1. The van der Waals surface area contributed by atoms with Crippen LogP contribution in [-0.4, -0.2) is 55.5 Å². The summed E-state index contributed by atoms with van der Waals surface area (Å²) in [6, 6.07) is 21.6. The van der Waals surface area contributed by atoms with Gasteiger partial charge in [0.15, 0.2) is 6.10 Å². The van der Waals surface area contributed by atoms with Crippen molar-refractivity contribution in [2.24, 2.45) is 0 Å². The number of ether oxygens (including phenoxy) is 6. The summed E-state index contributed by atoms with van der Waals surface area (Å²) in [5.74, 6) is -0.694. The van der Waals surface area contributed by atoms with Crippen LogP contribution in [0, 0.1) is 0 Å². The first-order valence-corrected chi connectivity index (χ1v) is 13.7. The summed E-state index contributed by atoms with van der Waals surface area (Å²) in [6.07, 6.45) is 0.565. The number of esters is 3. The molecule has 9 heteroatoms. The summed E-state index contributed by atoms with van der Waals surface area (Å²) in [5.41, 5.74) is 1.36. The molecule has 4 aromatic carbocycles. The number of hydrogen-bond donors (Lipinski definition) is 0. The summed E-state index contributed by atoms with van der Waals surface area (Å²) in [6.45, 7) is 7.69. The highest BCUT2D eigenvalue weighted by atomic mass is 16.7. The summed E-state index contributed by atoms with van der Waals surface area (Å²) in [5, 5.41) is 3.51. The molecule has 0 bridgehead atoms. The highest BCUT2D eigenvalue weighted by Crippen LogP contribution is 2.32. The van der Waals surface area contributed by atoms with Gasteiger partial charge in [-0.05, 0) is 69.6 Å². The average molecular weight is 581 g/mol. The average Bonchev–Trinajstić information content (AvgIpc) is 3.62. The molecule has 0 radical (unpaired) electrons. The van der Waals surface area contributed by atoms with Gasteiger partial charge < -0.3 is 28.4 Å². The lowest BCUT2D eigenvalue weighted by Crippen LogP contribution is -2.35. The van der Waals surface area contributed by atoms with Crippen molar-refractivity contribution in [1.29, 1.82) is 0 Å². The van der Waals surface area contributed by atoms with E-state index in [4.69, 9.17) is 28.4 Å². The highest BCUT2D eigenvalue weighted by Gasteiger charge is 2.50. The van der Waals surface area contributed by atoms with E-state index >= 15 is 0 Å². The van der Waals surface area contributed by atoms with Crippen LogP contribution in [0.1, 0.15) is 15.9 Å². The summed E-state index contributed by atoms with van der Waals surface area (Å²) < 4.78 is 34.2. The zero-order chi connectivity index (χ0) is 29.9. The van der Waals surface area contributed by atoms with Gasteiger partial charge in [-0.25, -0.2) is 14.4 Å². The Hall–Kier alpha value is -4.83. The Morgan fingerprint density at radius 1 is 0.698 bits per heavy atom. The van der Waals surface area contributed by atoms with Gasteiger partial charge in [-0.1, -0.05) is 43.5 Å². The molecule has 9 nitrogen and oxygen atoms in total. The number of carbonyl (C=O) groups excluding carboxylic acids is 3. The third kappa shape index (κ3) is 6.19. The SMILES string of the molecule is C=CC(=O)Oc1ccc2cc(CO[C@@H]3COC4[C@@H](OC(=O)c5ccc6cc(OC(=O)C=C)ccc6c5)CO[C@@H]43)ccc2c1. The Labute approximate surface area is 247 Å². The molecule has 0 aromatic heterocycles. The van der Waals surface area contributed by atoms with E-state index in [-0.39, 0.29) is 18.8 Å². The lowest BCUT2D eigenvalue weighted by Gasteiger charge is -2.18. The van der Waals surface area contributed by atoms with Crippen molar-refractivity contribution in [3.8, 4) is 11.5 Å². The molecule has 2 fully saturated rings. The molecule has 0 saturated carbocycles. The first kappa shape index (κ1) is 28.3. The second kappa shape index (κ2) is 12.2. The Morgan fingerprint density at radius 3 is 1.88 bits per heavy atom. The van der Waals surface area contributed by atoms with E-state index in [1.165, 1.54) is 0 Å². The zero-order valence-electron chi connectivity index (χ0n) is 23.1. The minimum Gasteiger partial charge on any atom is -0.453 e. The molecule has 0 N–H and O–H groups in total. The van der Waals surface area contributed by atoms with Crippen molar-refractivity contribution in [3.05, 3.63) is 109 Å². The fourth-order valence-electron chi connectivity index (χ4n) is 5.24. The van der Waals surface area contributed by atoms with Crippen molar-refractivity contribution in [2.75, 3.05) is 13.2 Å². The first-order valence-electron chi connectivity index (χ1n) is 13.7. The predicted octanol–water partition coefficient (Wildman–Crippen LogP) is 5.08. The van der Waals surface area contributed by atoms with Gasteiger partial charge in [0.2, 0.25) is 0 Å². The molecule has 2 aliphatic heterocycles. The topological polar surface area (TPSA) is 107 Å². The van der Waals surface area contributed by atoms with Gasteiger partial charge in [0.1, 0.15) is 29.8 Å². The van der Waals surface area contributed by atoms with Gasteiger partial charge in [0, 0.05) is 12.2 Å². The van der Waals surface area contributed by atoms with Crippen LogP contribution in [0.4, 0.5) is 0 Å². The maximum Gasteiger partial charge on any atom is 0.338 e. The van der Waals surface area contributed by atoms with E-state index < -0.39 is 30.1 Å². The first-order chi connectivity index (χ1) is 20.9. The molecule has 0 aliphatic carbocycles. The quantitative estimate of drug-likeness (QED) is 0.152. The van der Waals surface area contributed by atoms with E-state index in [1.54, 1.807) is 48.5 Å². The molecule has 4 atom stereocenters. The van der Waals surface area contributed by atoms with Crippen LogP contribution in [0.15, 0.2) is 98.1 Å². The minimum absolute atomic E-state index is 0.210. The molecule has 0 amide bonds. The molecule has 2 saturated heterocycles. The van der Waals surface area contributed by atoms with Crippen molar-refractivity contribution in [3.63, 3.8) is 0 Å². The maximum atomic E-state index is 13.0. The molecular formula is C34H28O9. The largest absolute Gasteiger partial charge is 0.453 e. The van der Waals surface area contributed by atoms with E-state index in [1.807, 2.05) is 24.3 Å². The second-order valence-corrected chi connectivity index (χ2v) is 10.2. The number of fused-ring (bicyclic) bond motifs is 3. The lowest BCUT2D eigenvalue weighted by atomic mass is 10.1. The van der Waals surface area contributed by atoms with Gasteiger partial charge in [-0.15, -0.1) is 0 Å². The molecule has 1 unspecified atom stereocenters. The summed E-state index contributed by atoms with van der Waals surface area (Å²) in [4.78, 5) is 35.9. The Balaban J connectivity index is 1.04. The molecule has 2 heterocycles. The van der Waals surface area contributed by atoms with Gasteiger partial charge in [0.25, 0.3) is 0 Å². The van der Waals surface area contributed by atoms with E-state index in [9.17, 15) is 14.4 Å². The number of benzene rings is 4. The number of rotatable bonds is 9. The standard InChI is InChI=1S/C34H28O9/c1-3-30(35)41-26-11-9-21-13-20(5-6-23(21)15-26)17-38-28-18-39-33-29(19-40-32(28)33)43-34(37)25-8-7-24-16-27(42-31(36)4-2)12-10-22(24)14-25/h3-16,28-29,32-33H,1-2,17-19H2/t28-,29+,32-,33?/m1/s1. The van der Waals surface area contributed by atoms with E-state index in [2.05, 4.69) is 13.2 Å². The summed E-state index contributed by atoms with van der Waals surface area (Å²) >= 11 is 0. The van der Waals surface area contributed by atoms with Crippen molar-refractivity contribution in [1.82, 2.24) is 0 Å². The molecule has 2 aliphatic rings. The predicted molar refractivity (Wildman–Crippen MR) is 157 cm³/mol. The molecule has 43 heavy (non-hydrogen) atoms. The van der Waals surface area contributed by atoms with Crippen LogP contribution in [0.2, 0.25) is 0 Å². The van der Waals surface area contributed by atoms with Crippen LogP contribution < -0.4 is 9.47 Å². The fourth-order valence-corrected chi connectivity index (χ4v) is 5.24. The number of hydrogen-bond acceptors (Lipinski definition) is 9. The van der Waals surface area contributed by atoms with Gasteiger partial charge in [0.05, 0.1) is 25.4 Å². The summed E-state index contributed by atoms with van der Waals surface area (Å²) in [7, 11) is 0. The van der Waals surface area contributed by atoms with Gasteiger partial charge in [-0.2, -0.15) is 0 Å². The van der Waals surface area contributed by atoms with Crippen molar-refractivity contribution < 1.29 is 42.8 Å². The normalized spacial score (nSPS) is 20.8. The molecule has 4 aromatic rings. The van der Waals surface area contributed by atoms with Gasteiger partial charge in [-0.3, -0.25) is 0 Å². The van der Waals surface area contributed by atoms with Gasteiger partial charge >= 0.3 is 17.9 Å². The fraction of sp³-hybridized carbons (Fsp3) is 0.206. The van der Waals surface area contributed by atoms with Crippen molar-refractivity contribution in [2.45, 2.75) is 31.0 Å². The van der Waals surface area contributed by atoms with Crippen LogP contribution in [-0.2, 0) is 35.1 Å². The highest BCUT2D eigenvalue weighted by molar-refractivity contribution is 5.96. The second-order valence-electron chi connectivity index (χ2n) is 10.2. The molecule has 6 rings (SSSR count). The van der Waals surface area contributed by atoms with E-state index in [0.717, 1.165) is 39.3 Å². The smallest absolute Gasteiger partial charge is 0.338 e. The van der Waals surface area contributed by atoms with Crippen LogP contribution in [0.5, 0.6) is 11.5 Å². The molecule has 218 valence electrons. The third-order valence-corrected chi connectivity index (χ3v) is 7.38. The lowest BCUT2D eigenvalue weighted by molar-refractivity contribution is -0.129. The number of carbonyl (C=O) groups is 3. The maximum absolute atomic E-state index is 13.0. The van der Waals surface area contributed by atoms with Crippen LogP contribution in [0.3, 0.4) is 0 Å². The van der Waals surface area contributed by atoms with Crippen LogP contribution >= 0.6 is 0 Å². The van der Waals surface area contributed by atoms with Crippen molar-refractivity contribution >= 4 is 39.5 Å². The third-order valence-electron chi connectivity index (χ3n) is 7.38. The molecule has 0 spiro atoms. The molecular weight excluding hydrogens is 552 g/mol. The van der Waals surface area contributed by atoms with Crippen LogP contribution in [0.25, 0.3) is 21.5 Å².